The summed E-state index contributed by atoms with van der Waals surface area (Å²) in [6.45, 7) is 4.11. The fourth-order valence-electron chi connectivity index (χ4n) is 3.92. The Morgan fingerprint density at radius 3 is 1.85 bits per heavy atom. The van der Waals surface area contributed by atoms with Gasteiger partial charge in [-0.25, -0.2) is 4.57 Å². The van der Waals surface area contributed by atoms with Crippen LogP contribution in [0, 0.1) is 0 Å². The summed E-state index contributed by atoms with van der Waals surface area (Å²) in [6, 6.07) is 0. The van der Waals surface area contributed by atoms with Gasteiger partial charge in [-0.15, -0.1) is 0 Å². The van der Waals surface area contributed by atoms with Crippen LogP contribution < -0.4 is 0 Å². The summed E-state index contributed by atoms with van der Waals surface area (Å²) >= 11 is 0. The van der Waals surface area contributed by atoms with Crippen LogP contribution in [0.25, 0.3) is 0 Å². The molecule has 0 aromatic heterocycles. The Labute approximate surface area is 250 Å². The summed E-state index contributed by atoms with van der Waals surface area (Å²) in [5.74, 6) is -0.851. The molecule has 0 fully saturated rings. The molecule has 242 valence electrons. The number of phosphoric acid groups is 1. The molecule has 0 bridgehead atoms. The maximum Gasteiger partial charge on any atom is 0.472 e. The maximum atomic E-state index is 12.4. The zero-order valence-electron chi connectivity index (χ0n) is 26.8. The number of rotatable bonds is 28. The number of unbranched alkanes of at least 4 members (excludes halogenated alkanes) is 12. The molecule has 9 nitrogen and oxygen atoms in total. The van der Waals surface area contributed by atoms with Crippen LogP contribution in [-0.2, 0) is 32.7 Å². The Hall–Kier alpha value is -1.25. The number of ether oxygens (including phenoxy) is 2. The Morgan fingerprint density at radius 2 is 1.27 bits per heavy atom. The van der Waals surface area contributed by atoms with Gasteiger partial charge >= 0.3 is 19.8 Å². The van der Waals surface area contributed by atoms with Gasteiger partial charge < -0.3 is 18.9 Å². The SMILES string of the molecule is CCCCCCCC/C=C\CCCCCCCC(=O)O[C@H](COC(=O)CCCC)COP(=O)(O)OCC[N+](C)(C)C. The second kappa shape index (κ2) is 25.3. The van der Waals surface area contributed by atoms with Gasteiger partial charge in [0, 0.05) is 12.8 Å². The number of hydrogen-bond acceptors (Lipinski definition) is 7. The van der Waals surface area contributed by atoms with E-state index in [0.717, 1.165) is 38.5 Å². The number of likely N-dealkylation sites (N-methyl/N-ethyl adjacent to an activating group) is 1. The quantitative estimate of drug-likeness (QED) is 0.0321. The summed E-state index contributed by atoms with van der Waals surface area (Å²) in [4.78, 5) is 34.3. The van der Waals surface area contributed by atoms with E-state index in [-0.39, 0.29) is 26.1 Å². The van der Waals surface area contributed by atoms with Crippen molar-refractivity contribution in [2.24, 2.45) is 0 Å². The first-order valence-corrected chi connectivity index (χ1v) is 17.4. The largest absolute Gasteiger partial charge is 0.472 e. The summed E-state index contributed by atoms with van der Waals surface area (Å²) < 4.78 is 33.5. The molecule has 0 aliphatic rings. The van der Waals surface area contributed by atoms with Crippen molar-refractivity contribution in [1.29, 1.82) is 0 Å². The van der Waals surface area contributed by atoms with Crippen LogP contribution in [0.1, 0.15) is 123 Å². The molecule has 0 aliphatic carbocycles. The minimum absolute atomic E-state index is 0.0310. The van der Waals surface area contributed by atoms with Gasteiger partial charge in [-0.05, 0) is 38.5 Å². The third-order valence-corrected chi connectivity index (χ3v) is 7.53. The predicted molar refractivity (Wildman–Crippen MR) is 164 cm³/mol. The number of hydrogen-bond donors (Lipinski definition) is 1. The molecule has 10 heteroatoms. The molecule has 0 heterocycles. The van der Waals surface area contributed by atoms with Crippen molar-refractivity contribution in [2.75, 3.05) is 47.5 Å². The number of allylic oxidation sites excluding steroid dienone is 2. The van der Waals surface area contributed by atoms with E-state index in [9.17, 15) is 19.0 Å². The highest BCUT2D eigenvalue weighted by molar-refractivity contribution is 7.47. The Morgan fingerprint density at radius 1 is 0.732 bits per heavy atom. The number of esters is 2. The van der Waals surface area contributed by atoms with Gasteiger partial charge in [0.05, 0.1) is 27.7 Å². The molecule has 0 aromatic carbocycles. The van der Waals surface area contributed by atoms with Crippen molar-refractivity contribution < 1.29 is 42.1 Å². The zero-order chi connectivity index (χ0) is 30.8. The molecular weight excluding hydrogens is 545 g/mol. The van der Waals surface area contributed by atoms with E-state index in [0.29, 0.717) is 23.9 Å². The second-order valence-electron chi connectivity index (χ2n) is 11.8. The van der Waals surface area contributed by atoms with Gasteiger partial charge in [0.1, 0.15) is 19.8 Å². The topological polar surface area (TPSA) is 108 Å². The Bertz CT molecular complexity index is 738. The average molecular weight is 607 g/mol. The van der Waals surface area contributed by atoms with Gasteiger partial charge in [0.2, 0.25) is 0 Å². The van der Waals surface area contributed by atoms with E-state index in [4.69, 9.17) is 18.5 Å². The number of carbonyl (C=O) groups excluding carboxylic acids is 2. The maximum absolute atomic E-state index is 12.4. The molecule has 2 atom stereocenters. The van der Waals surface area contributed by atoms with Crippen LogP contribution in [0.15, 0.2) is 12.2 Å². The standard InChI is InChI=1S/C31H60NO8P/c1-6-8-10-11-12-13-14-15-16-17-18-19-20-21-22-24-31(34)40-29(27-37-30(33)23-9-7-2)28-39-41(35,36)38-26-25-32(3,4)5/h15-16,29H,6-14,17-28H2,1-5H3/p+1/b16-15-/t29-/m1/s1. The lowest BCUT2D eigenvalue weighted by molar-refractivity contribution is -0.870. The molecule has 1 unspecified atom stereocenters. The van der Waals surface area contributed by atoms with Crippen molar-refractivity contribution in [3.63, 3.8) is 0 Å². The lowest BCUT2D eigenvalue weighted by Gasteiger charge is -2.24. The van der Waals surface area contributed by atoms with Crippen LogP contribution in [0.2, 0.25) is 0 Å². The van der Waals surface area contributed by atoms with Crippen LogP contribution >= 0.6 is 7.82 Å². The first-order valence-electron chi connectivity index (χ1n) is 15.9. The number of quaternary nitrogens is 1. The fraction of sp³-hybridized carbons (Fsp3) is 0.871. The van der Waals surface area contributed by atoms with Gasteiger partial charge in [-0.1, -0.05) is 83.8 Å². The third-order valence-electron chi connectivity index (χ3n) is 6.55. The van der Waals surface area contributed by atoms with E-state index in [1.807, 2.05) is 28.1 Å². The monoisotopic (exact) mass is 606 g/mol. The molecule has 0 spiro atoms. The molecule has 0 aliphatic heterocycles. The molecule has 0 rings (SSSR count). The van der Waals surface area contributed by atoms with Crippen molar-refractivity contribution in [1.82, 2.24) is 0 Å². The van der Waals surface area contributed by atoms with Crippen molar-refractivity contribution in [2.45, 2.75) is 129 Å². The number of nitrogens with zero attached hydrogens (tertiary/aromatic N) is 1. The summed E-state index contributed by atoms with van der Waals surface area (Å²) in [6.07, 6.45) is 20.9. The highest BCUT2D eigenvalue weighted by Gasteiger charge is 2.27. The summed E-state index contributed by atoms with van der Waals surface area (Å²) in [5, 5.41) is 0. The Balaban J connectivity index is 4.28. The predicted octanol–water partition coefficient (Wildman–Crippen LogP) is 7.51. The molecule has 0 amide bonds. The highest BCUT2D eigenvalue weighted by atomic mass is 31.2. The van der Waals surface area contributed by atoms with Crippen molar-refractivity contribution >= 4 is 19.8 Å². The van der Waals surface area contributed by atoms with E-state index >= 15 is 0 Å². The zero-order valence-corrected chi connectivity index (χ0v) is 27.7. The smallest absolute Gasteiger partial charge is 0.462 e. The molecule has 41 heavy (non-hydrogen) atoms. The second-order valence-corrected chi connectivity index (χ2v) is 13.3. The van der Waals surface area contributed by atoms with Crippen LogP contribution in [0.4, 0.5) is 0 Å². The molecule has 0 aromatic rings. The van der Waals surface area contributed by atoms with Gasteiger partial charge in [-0.2, -0.15) is 0 Å². The van der Waals surface area contributed by atoms with Crippen LogP contribution in [-0.4, -0.2) is 74.9 Å². The summed E-state index contributed by atoms with van der Waals surface area (Å²) in [5.41, 5.74) is 0. The van der Waals surface area contributed by atoms with Crippen molar-refractivity contribution in [3.8, 4) is 0 Å². The number of carbonyl (C=O) groups is 2. The molecule has 0 radical (unpaired) electrons. The van der Waals surface area contributed by atoms with Crippen molar-refractivity contribution in [3.05, 3.63) is 12.2 Å². The molecule has 0 saturated carbocycles. The lowest BCUT2D eigenvalue weighted by atomic mass is 10.1. The highest BCUT2D eigenvalue weighted by Crippen LogP contribution is 2.43. The Kier molecular flexibility index (Phi) is 24.5. The number of phosphoric ester groups is 1. The van der Waals surface area contributed by atoms with Crippen LogP contribution in [0.5, 0.6) is 0 Å². The van der Waals surface area contributed by atoms with E-state index < -0.39 is 32.5 Å². The normalized spacial score (nSPS) is 14.2. The minimum atomic E-state index is -4.34. The van der Waals surface area contributed by atoms with Gasteiger partial charge in [-0.3, -0.25) is 18.6 Å². The minimum Gasteiger partial charge on any atom is -0.462 e. The molecule has 0 saturated heterocycles. The van der Waals surface area contributed by atoms with E-state index in [1.165, 1.54) is 44.9 Å². The first kappa shape index (κ1) is 39.8. The third kappa shape index (κ3) is 28.6. The van der Waals surface area contributed by atoms with Gasteiger partial charge in [0.25, 0.3) is 0 Å². The van der Waals surface area contributed by atoms with E-state index in [1.54, 1.807) is 0 Å². The first-order chi connectivity index (χ1) is 19.5. The van der Waals surface area contributed by atoms with Crippen LogP contribution in [0.3, 0.4) is 0 Å². The summed E-state index contributed by atoms with van der Waals surface area (Å²) in [7, 11) is 1.47. The molecule has 1 N–H and O–H groups in total. The molecular formula is C31H61NO8P+. The fourth-order valence-corrected chi connectivity index (χ4v) is 4.67. The van der Waals surface area contributed by atoms with Gasteiger partial charge in [0.15, 0.2) is 6.10 Å². The van der Waals surface area contributed by atoms with E-state index in [2.05, 4.69) is 19.1 Å². The lowest BCUT2D eigenvalue weighted by Crippen LogP contribution is -2.37. The average Bonchev–Trinajstić information content (AvgIpc) is 2.90.